The van der Waals surface area contributed by atoms with Gasteiger partial charge in [0.25, 0.3) is 21.8 Å². The Balaban J connectivity index is 1.54. The SMILES string of the molecule is O=C(COc1ccccc1)Nc1ccc(S(=O)(=O)NC(=O)c2ccc(OC(=O)NCCO)nc2)cc1. The summed E-state index contributed by atoms with van der Waals surface area (Å²) in [7, 11) is -4.22. The summed E-state index contributed by atoms with van der Waals surface area (Å²) >= 11 is 0. The molecule has 3 amide bonds. The molecule has 0 saturated carbocycles. The molecule has 36 heavy (non-hydrogen) atoms. The molecular formula is C23H22N4O8S. The first-order valence-corrected chi connectivity index (χ1v) is 11.9. The van der Waals surface area contributed by atoms with E-state index in [-0.39, 0.29) is 36.1 Å². The predicted octanol–water partition coefficient (Wildman–Crippen LogP) is 1.30. The van der Waals surface area contributed by atoms with E-state index >= 15 is 0 Å². The number of anilines is 1. The van der Waals surface area contributed by atoms with Crippen molar-refractivity contribution in [2.45, 2.75) is 4.90 Å². The molecule has 1 aromatic heterocycles. The predicted molar refractivity (Wildman–Crippen MR) is 127 cm³/mol. The van der Waals surface area contributed by atoms with Gasteiger partial charge in [0.15, 0.2) is 6.61 Å². The number of nitrogens with one attached hydrogen (secondary N) is 3. The number of aliphatic hydroxyl groups excluding tert-OH is 1. The quantitative estimate of drug-likeness (QED) is 0.311. The zero-order valence-corrected chi connectivity index (χ0v) is 19.5. The standard InChI is InChI=1S/C23H22N4O8S/c28-13-12-24-23(31)35-21-11-6-16(14-25-21)22(30)27-36(32,33)19-9-7-17(8-10-19)26-20(29)15-34-18-4-2-1-3-5-18/h1-11,14,28H,12-13,15H2,(H,24,31)(H,26,29)(H,27,30). The molecule has 0 aliphatic heterocycles. The molecule has 0 saturated heterocycles. The van der Waals surface area contributed by atoms with E-state index in [4.69, 9.17) is 14.6 Å². The maximum Gasteiger partial charge on any atom is 0.414 e. The first-order valence-electron chi connectivity index (χ1n) is 10.4. The highest BCUT2D eigenvalue weighted by atomic mass is 32.2. The van der Waals surface area contributed by atoms with E-state index in [0.717, 1.165) is 6.20 Å². The van der Waals surface area contributed by atoms with Gasteiger partial charge in [-0.25, -0.2) is 22.9 Å². The highest BCUT2D eigenvalue weighted by Crippen LogP contribution is 2.15. The summed E-state index contributed by atoms with van der Waals surface area (Å²) in [6, 6.07) is 16.4. The summed E-state index contributed by atoms with van der Waals surface area (Å²) in [5.41, 5.74) is 0.244. The van der Waals surface area contributed by atoms with E-state index in [1.165, 1.54) is 36.4 Å². The van der Waals surface area contributed by atoms with Crippen molar-refractivity contribution < 1.29 is 37.4 Å². The number of ether oxygens (including phenoxy) is 2. The Labute approximate surface area is 206 Å². The number of nitrogens with zero attached hydrogens (tertiary/aromatic N) is 1. The molecule has 2 aromatic carbocycles. The molecule has 3 aromatic rings. The van der Waals surface area contributed by atoms with E-state index in [2.05, 4.69) is 15.6 Å². The Morgan fingerprint density at radius 2 is 1.67 bits per heavy atom. The fourth-order valence-electron chi connectivity index (χ4n) is 2.68. The van der Waals surface area contributed by atoms with Gasteiger partial charge in [0.2, 0.25) is 5.88 Å². The normalized spacial score (nSPS) is 10.7. The van der Waals surface area contributed by atoms with Crippen molar-refractivity contribution in [3.63, 3.8) is 0 Å². The average Bonchev–Trinajstić information content (AvgIpc) is 2.87. The van der Waals surface area contributed by atoms with Crippen molar-refractivity contribution in [2.75, 3.05) is 25.1 Å². The van der Waals surface area contributed by atoms with Crippen LogP contribution in [0.5, 0.6) is 11.6 Å². The van der Waals surface area contributed by atoms with Crippen LogP contribution in [0.3, 0.4) is 0 Å². The third-order valence-electron chi connectivity index (χ3n) is 4.37. The maximum atomic E-state index is 12.6. The minimum absolute atomic E-state index is 0.00674. The summed E-state index contributed by atoms with van der Waals surface area (Å²) in [5, 5.41) is 13.5. The Bertz CT molecular complexity index is 1300. The molecule has 13 heteroatoms. The smallest absolute Gasteiger partial charge is 0.414 e. The van der Waals surface area contributed by atoms with Crippen molar-refractivity contribution in [1.82, 2.24) is 15.0 Å². The summed E-state index contributed by atoms with van der Waals surface area (Å²) < 4.78 is 37.2. The highest BCUT2D eigenvalue weighted by Gasteiger charge is 2.19. The van der Waals surface area contributed by atoms with E-state index in [1.807, 2.05) is 10.8 Å². The van der Waals surface area contributed by atoms with E-state index < -0.39 is 27.9 Å². The second-order valence-corrected chi connectivity index (χ2v) is 8.72. The third-order valence-corrected chi connectivity index (χ3v) is 5.71. The first kappa shape index (κ1) is 26.1. The molecule has 0 atom stereocenters. The van der Waals surface area contributed by atoms with Crippen LogP contribution in [-0.2, 0) is 14.8 Å². The molecule has 0 unspecified atom stereocenters. The van der Waals surface area contributed by atoms with Crippen molar-refractivity contribution in [1.29, 1.82) is 0 Å². The van der Waals surface area contributed by atoms with Gasteiger partial charge in [-0.2, -0.15) is 0 Å². The first-order chi connectivity index (χ1) is 17.3. The van der Waals surface area contributed by atoms with Gasteiger partial charge in [-0.1, -0.05) is 18.2 Å². The Kier molecular flexibility index (Phi) is 8.91. The molecule has 0 bridgehead atoms. The second-order valence-electron chi connectivity index (χ2n) is 7.03. The molecule has 12 nitrogen and oxygen atoms in total. The fourth-order valence-corrected chi connectivity index (χ4v) is 3.66. The van der Waals surface area contributed by atoms with E-state index in [9.17, 15) is 22.8 Å². The van der Waals surface area contributed by atoms with Gasteiger partial charge in [0.1, 0.15) is 5.75 Å². The average molecular weight is 515 g/mol. The van der Waals surface area contributed by atoms with Crippen LogP contribution in [0.4, 0.5) is 10.5 Å². The minimum Gasteiger partial charge on any atom is -0.484 e. The van der Waals surface area contributed by atoms with Crippen molar-refractivity contribution in [3.8, 4) is 11.6 Å². The lowest BCUT2D eigenvalue weighted by Gasteiger charge is -2.10. The number of carbonyl (C=O) groups is 3. The molecule has 0 aliphatic rings. The van der Waals surface area contributed by atoms with Gasteiger partial charge < -0.3 is 25.2 Å². The number of hydrogen-bond donors (Lipinski definition) is 4. The number of hydrogen-bond acceptors (Lipinski definition) is 9. The Hall–Kier alpha value is -4.49. The van der Waals surface area contributed by atoms with Crippen molar-refractivity contribution >= 4 is 33.6 Å². The number of benzene rings is 2. The number of amides is 3. The summed E-state index contributed by atoms with van der Waals surface area (Å²) in [4.78, 5) is 39.4. The van der Waals surface area contributed by atoms with Gasteiger partial charge in [0, 0.05) is 24.5 Å². The summed E-state index contributed by atoms with van der Waals surface area (Å²) in [5.74, 6) is -0.981. The van der Waals surface area contributed by atoms with Crippen LogP contribution in [0.2, 0.25) is 0 Å². The molecule has 188 valence electrons. The van der Waals surface area contributed by atoms with Gasteiger partial charge >= 0.3 is 6.09 Å². The molecule has 0 spiro atoms. The zero-order valence-electron chi connectivity index (χ0n) is 18.7. The number of aromatic nitrogens is 1. The van der Waals surface area contributed by atoms with E-state index in [1.54, 1.807) is 24.3 Å². The fraction of sp³-hybridized carbons (Fsp3) is 0.130. The molecule has 3 rings (SSSR count). The lowest BCUT2D eigenvalue weighted by molar-refractivity contribution is -0.118. The topological polar surface area (TPSA) is 173 Å². The van der Waals surface area contributed by atoms with Crippen LogP contribution in [-0.4, -0.2) is 56.2 Å². The number of pyridine rings is 1. The lowest BCUT2D eigenvalue weighted by Crippen LogP contribution is -2.31. The lowest BCUT2D eigenvalue weighted by atomic mass is 10.3. The minimum atomic E-state index is -4.22. The van der Waals surface area contributed by atoms with Crippen LogP contribution < -0.4 is 24.8 Å². The van der Waals surface area contributed by atoms with Gasteiger partial charge in [-0.15, -0.1) is 0 Å². The molecule has 0 fully saturated rings. The second kappa shape index (κ2) is 12.3. The molecule has 0 aliphatic carbocycles. The third kappa shape index (κ3) is 7.78. The maximum absolute atomic E-state index is 12.6. The number of para-hydroxylation sites is 1. The number of rotatable bonds is 10. The summed E-state index contributed by atoms with van der Waals surface area (Å²) in [6.07, 6.45) is 0.190. The van der Waals surface area contributed by atoms with Crippen molar-refractivity contribution in [2.24, 2.45) is 0 Å². The zero-order chi connectivity index (χ0) is 26.0. The highest BCUT2D eigenvalue weighted by molar-refractivity contribution is 7.90. The Morgan fingerprint density at radius 3 is 2.31 bits per heavy atom. The van der Waals surface area contributed by atoms with Gasteiger partial charge in [0.05, 0.1) is 17.1 Å². The van der Waals surface area contributed by atoms with Crippen LogP contribution in [0.15, 0.2) is 77.8 Å². The number of carbonyl (C=O) groups excluding carboxylic acids is 3. The molecule has 4 N–H and O–H groups in total. The monoisotopic (exact) mass is 514 g/mol. The largest absolute Gasteiger partial charge is 0.484 e. The van der Waals surface area contributed by atoms with Gasteiger partial charge in [-0.05, 0) is 42.5 Å². The Morgan fingerprint density at radius 1 is 0.944 bits per heavy atom. The van der Waals surface area contributed by atoms with Crippen LogP contribution in [0.1, 0.15) is 10.4 Å². The number of sulfonamides is 1. The van der Waals surface area contributed by atoms with Crippen LogP contribution in [0.25, 0.3) is 0 Å². The molecule has 0 radical (unpaired) electrons. The molecular weight excluding hydrogens is 492 g/mol. The van der Waals surface area contributed by atoms with Crippen LogP contribution in [0, 0.1) is 0 Å². The van der Waals surface area contributed by atoms with Crippen LogP contribution >= 0.6 is 0 Å². The van der Waals surface area contributed by atoms with E-state index in [0.29, 0.717) is 11.4 Å². The van der Waals surface area contributed by atoms with Crippen molar-refractivity contribution in [3.05, 3.63) is 78.5 Å². The van der Waals surface area contributed by atoms with Gasteiger partial charge in [-0.3, -0.25) is 9.59 Å². The summed E-state index contributed by atoms with van der Waals surface area (Å²) in [6.45, 7) is -0.504. The number of aliphatic hydroxyl groups is 1. The molecule has 1 heterocycles.